The Morgan fingerprint density at radius 1 is 1.07 bits per heavy atom. The average molecular weight is 205 g/mol. The molecule has 1 aromatic heterocycles. The molecule has 0 spiro atoms. The molecule has 3 heteroatoms. The third-order valence-electron chi connectivity index (χ3n) is 1.78. The van der Waals surface area contributed by atoms with Gasteiger partial charge in [0.2, 0.25) is 0 Å². The molecule has 1 aromatic rings. The second-order valence-corrected chi connectivity index (χ2v) is 2.89. The molecule has 0 radical (unpaired) electrons. The van der Waals surface area contributed by atoms with E-state index in [1.807, 2.05) is 36.4 Å². The monoisotopic (exact) mass is 205 g/mol. The van der Waals surface area contributed by atoms with E-state index in [9.17, 15) is 0 Å². The van der Waals surface area contributed by atoms with Gasteiger partial charge in [0.05, 0.1) is 19.4 Å². The molecule has 0 aliphatic rings. The first kappa shape index (κ1) is 11.5. The fourth-order valence-corrected chi connectivity index (χ4v) is 1.06. The van der Waals surface area contributed by atoms with Crippen LogP contribution >= 0.6 is 0 Å². The van der Waals surface area contributed by atoms with E-state index in [1.165, 1.54) is 0 Å². The van der Waals surface area contributed by atoms with Gasteiger partial charge in [-0.3, -0.25) is 4.98 Å². The zero-order valence-electron chi connectivity index (χ0n) is 9.01. The summed E-state index contributed by atoms with van der Waals surface area (Å²) in [7, 11) is 3.29. The third kappa shape index (κ3) is 4.42. The largest absolute Gasteiger partial charge is 0.497 e. The van der Waals surface area contributed by atoms with Crippen LogP contribution in [-0.2, 0) is 11.3 Å². The van der Waals surface area contributed by atoms with Gasteiger partial charge in [-0.2, -0.15) is 0 Å². The van der Waals surface area contributed by atoms with E-state index in [1.54, 1.807) is 20.4 Å². The Morgan fingerprint density at radius 2 is 1.87 bits per heavy atom. The third-order valence-corrected chi connectivity index (χ3v) is 1.78. The first-order chi connectivity index (χ1) is 7.36. The number of hydrogen-bond acceptors (Lipinski definition) is 3. The Morgan fingerprint density at radius 3 is 2.60 bits per heavy atom. The van der Waals surface area contributed by atoms with E-state index >= 15 is 0 Å². The summed E-state index contributed by atoms with van der Waals surface area (Å²) in [6, 6.07) is 11.3. The Labute approximate surface area is 90.0 Å². The topological polar surface area (TPSA) is 31.4 Å². The van der Waals surface area contributed by atoms with Crippen molar-refractivity contribution in [3.05, 3.63) is 48.3 Å². The highest BCUT2D eigenvalue weighted by Gasteiger charge is 1.86. The number of aromatic nitrogens is 1. The number of hydrogen-bond donors (Lipinski definition) is 0. The molecule has 0 unspecified atom stereocenters. The van der Waals surface area contributed by atoms with Crippen molar-refractivity contribution in [3.8, 4) is 5.75 Å². The predicted octanol–water partition coefficient (Wildman–Crippen LogP) is 2.36. The molecule has 0 aromatic carbocycles. The van der Waals surface area contributed by atoms with Gasteiger partial charge in [-0.15, -0.1) is 0 Å². The van der Waals surface area contributed by atoms with Crippen molar-refractivity contribution >= 4 is 0 Å². The van der Waals surface area contributed by atoms with Crippen LogP contribution in [0.15, 0.2) is 42.6 Å². The molecule has 80 valence electrons. The van der Waals surface area contributed by atoms with Crippen LogP contribution in [-0.4, -0.2) is 19.2 Å². The van der Waals surface area contributed by atoms with E-state index in [0.29, 0.717) is 6.61 Å². The first-order valence-electron chi connectivity index (χ1n) is 4.68. The molecule has 3 nitrogen and oxygen atoms in total. The van der Waals surface area contributed by atoms with Crippen LogP contribution < -0.4 is 4.74 Å². The van der Waals surface area contributed by atoms with Crippen LogP contribution in [0.2, 0.25) is 0 Å². The molecule has 0 N–H and O–H groups in total. The van der Waals surface area contributed by atoms with Crippen molar-refractivity contribution in [1.82, 2.24) is 4.98 Å². The van der Waals surface area contributed by atoms with E-state index in [0.717, 1.165) is 11.4 Å². The average Bonchev–Trinajstić information content (AvgIpc) is 2.27. The Kier molecular flexibility index (Phi) is 5.19. The van der Waals surface area contributed by atoms with Crippen LogP contribution in [0.4, 0.5) is 0 Å². The highest BCUT2D eigenvalue weighted by molar-refractivity contribution is 5.18. The number of methoxy groups -OCH3 is 2. The van der Waals surface area contributed by atoms with Crippen molar-refractivity contribution in [2.24, 2.45) is 0 Å². The summed E-state index contributed by atoms with van der Waals surface area (Å²) in [5.74, 6) is 0.801. The number of nitrogens with zero attached hydrogens (tertiary/aromatic N) is 1. The van der Waals surface area contributed by atoms with Crippen LogP contribution in [0, 0.1) is 0 Å². The van der Waals surface area contributed by atoms with Crippen molar-refractivity contribution in [2.45, 2.75) is 6.61 Å². The Balaban J connectivity index is 3.06. The van der Waals surface area contributed by atoms with Crippen LogP contribution in [0.1, 0.15) is 5.69 Å². The van der Waals surface area contributed by atoms with Gasteiger partial charge in [-0.1, -0.05) is 12.1 Å². The van der Waals surface area contributed by atoms with Crippen LogP contribution in [0.3, 0.4) is 0 Å². The minimum absolute atomic E-state index is 0.501. The predicted molar refractivity (Wildman–Crippen MR) is 59.1 cm³/mol. The lowest BCUT2D eigenvalue weighted by Crippen LogP contribution is -1.88. The normalized spacial score (nSPS) is 9.20. The summed E-state index contributed by atoms with van der Waals surface area (Å²) in [5, 5.41) is 0. The zero-order chi connectivity index (χ0) is 10.9. The lowest BCUT2D eigenvalue weighted by molar-refractivity contribution is 0.181. The zero-order valence-corrected chi connectivity index (χ0v) is 9.01. The van der Waals surface area contributed by atoms with Crippen molar-refractivity contribution < 1.29 is 9.47 Å². The fraction of sp³-hybridized carbons (Fsp3) is 0.250. The van der Waals surface area contributed by atoms with E-state index in [-0.39, 0.29) is 0 Å². The van der Waals surface area contributed by atoms with E-state index in [2.05, 4.69) is 4.98 Å². The molecule has 0 fully saturated rings. The summed E-state index contributed by atoms with van der Waals surface area (Å²) >= 11 is 0. The summed E-state index contributed by atoms with van der Waals surface area (Å²) in [4.78, 5) is 4.23. The summed E-state index contributed by atoms with van der Waals surface area (Å²) in [5.41, 5.74) is 0.871. The second-order valence-electron chi connectivity index (χ2n) is 2.89. The van der Waals surface area contributed by atoms with Crippen molar-refractivity contribution in [3.63, 3.8) is 0 Å². The number of ether oxygens (including phenoxy) is 2. The number of rotatable bonds is 3. The van der Waals surface area contributed by atoms with E-state index < -0.39 is 0 Å². The highest BCUT2D eigenvalue weighted by atomic mass is 16.5. The van der Waals surface area contributed by atoms with Gasteiger partial charge in [0.15, 0.2) is 0 Å². The Hall–Kier alpha value is -1.61. The van der Waals surface area contributed by atoms with Crippen LogP contribution in [0.5, 0.6) is 5.75 Å². The molecule has 0 atom stereocenters. The standard InChI is InChI=1S/C12H15NO2/c1-14-10-11-6-5-8-12(15-2)7-3-4-9-13-11/h3-9H,10H2,1-2H3. The second kappa shape index (κ2) is 6.79. The molecule has 15 heavy (non-hydrogen) atoms. The molecule has 0 bridgehead atoms. The molecule has 0 aliphatic carbocycles. The molecule has 0 amide bonds. The maximum absolute atomic E-state index is 5.14. The smallest absolute Gasteiger partial charge is 0.118 e. The minimum Gasteiger partial charge on any atom is -0.497 e. The summed E-state index contributed by atoms with van der Waals surface area (Å²) in [6.45, 7) is 0.501. The maximum Gasteiger partial charge on any atom is 0.118 e. The molecule has 1 rings (SSSR count). The SMILES string of the molecule is COCc1cccc(OC)ccccn1. The molecule has 0 aliphatic heterocycles. The highest BCUT2D eigenvalue weighted by Crippen LogP contribution is 2.04. The van der Waals surface area contributed by atoms with Gasteiger partial charge >= 0.3 is 0 Å². The van der Waals surface area contributed by atoms with Crippen molar-refractivity contribution in [1.29, 1.82) is 0 Å². The molecule has 0 saturated heterocycles. The summed E-state index contributed by atoms with van der Waals surface area (Å²) < 4.78 is 10.2. The lowest BCUT2D eigenvalue weighted by Gasteiger charge is -1.95. The van der Waals surface area contributed by atoms with Gasteiger partial charge in [0.1, 0.15) is 5.75 Å². The van der Waals surface area contributed by atoms with Gasteiger partial charge in [0.25, 0.3) is 0 Å². The van der Waals surface area contributed by atoms with Gasteiger partial charge in [0, 0.05) is 13.3 Å². The lowest BCUT2D eigenvalue weighted by atomic mass is 10.3. The summed E-state index contributed by atoms with van der Waals surface area (Å²) in [6.07, 6.45) is 1.73. The molecular weight excluding hydrogens is 190 g/mol. The quantitative estimate of drug-likeness (QED) is 0.759. The molecule has 0 saturated carbocycles. The van der Waals surface area contributed by atoms with Gasteiger partial charge in [-0.25, -0.2) is 0 Å². The van der Waals surface area contributed by atoms with Crippen molar-refractivity contribution in [2.75, 3.05) is 14.2 Å². The maximum atomic E-state index is 5.14. The van der Waals surface area contributed by atoms with Gasteiger partial charge in [-0.05, 0) is 24.3 Å². The van der Waals surface area contributed by atoms with Gasteiger partial charge < -0.3 is 9.47 Å². The fourth-order valence-electron chi connectivity index (χ4n) is 1.06. The minimum atomic E-state index is 0.501. The Bertz CT molecular complexity index is 351. The first-order valence-corrected chi connectivity index (χ1v) is 4.68. The molecular formula is C12H15NO2. The van der Waals surface area contributed by atoms with Crippen LogP contribution in [0.25, 0.3) is 0 Å². The van der Waals surface area contributed by atoms with E-state index in [4.69, 9.17) is 9.47 Å². The molecule has 1 heterocycles.